The zero-order valence-corrected chi connectivity index (χ0v) is 13.1. The number of anilines is 1. The molecule has 1 aliphatic rings. The maximum atomic E-state index is 11.0. The van der Waals surface area contributed by atoms with Crippen LogP contribution in [0.4, 0.5) is 5.69 Å². The molecule has 3 N–H and O–H groups in total. The Labute approximate surface area is 127 Å². The normalized spacial score (nSPS) is 22.3. The molecular weight excluding hydrogens is 262 g/mol. The van der Waals surface area contributed by atoms with E-state index in [2.05, 4.69) is 29.3 Å². The second kappa shape index (κ2) is 7.57. The molecule has 0 bridgehead atoms. The summed E-state index contributed by atoms with van der Waals surface area (Å²) >= 11 is 0. The summed E-state index contributed by atoms with van der Waals surface area (Å²) in [5, 5.41) is 2.80. The summed E-state index contributed by atoms with van der Waals surface area (Å²) in [7, 11) is 0. The van der Waals surface area contributed by atoms with Gasteiger partial charge in [-0.25, -0.2) is 0 Å². The third-order valence-corrected chi connectivity index (χ3v) is 4.32. The largest absolute Gasteiger partial charge is 0.328 e. The summed E-state index contributed by atoms with van der Waals surface area (Å²) in [6.07, 6.45) is 4.70. The van der Waals surface area contributed by atoms with Crippen LogP contribution in [-0.4, -0.2) is 29.4 Å². The number of nitrogens with two attached hydrogens (primary N) is 1. The van der Waals surface area contributed by atoms with E-state index in [0.29, 0.717) is 12.1 Å². The van der Waals surface area contributed by atoms with Crippen LogP contribution in [0, 0.1) is 0 Å². The lowest BCUT2D eigenvalue weighted by Gasteiger charge is -2.35. The minimum Gasteiger partial charge on any atom is -0.328 e. The summed E-state index contributed by atoms with van der Waals surface area (Å²) in [6.45, 7) is 5.78. The minimum atomic E-state index is -0.0310. The highest BCUT2D eigenvalue weighted by Gasteiger charge is 2.23. The van der Waals surface area contributed by atoms with Crippen molar-refractivity contribution in [3.8, 4) is 0 Å². The van der Waals surface area contributed by atoms with Crippen molar-refractivity contribution in [2.45, 2.75) is 58.2 Å². The molecule has 0 atom stereocenters. The van der Waals surface area contributed by atoms with E-state index < -0.39 is 0 Å². The Morgan fingerprint density at radius 2 is 1.86 bits per heavy atom. The predicted octanol–water partition coefficient (Wildman–Crippen LogP) is 2.74. The van der Waals surface area contributed by atoms with Crippen LogP contribution in [-0.2, 0) is 11.3 Å². The van der Waals surface area contributed by atoms with Gasteiger partial charge in [0.05, 0.1) is 0 Å². The van der Waals surface area contributed by atoms with Gasteiger partial charge in [-0.2, -0.15) is 0 Å². The fourth-order valence-corrected chi connectivity index (χ4v) is 3.10. The molecule has 0 radical (unpaired) electrons. The van der Waals surface area contributed by atoms with E-state index in [0.717, 1.165) is 31.6 Å². The van der Waals surface area contributed by atoms with Gasteiger partial charge in [0.15, 0.2) is 0 Å². The topological polar surface area (TPSA) is 58.4 Å². The monoisotopic (exact) mass is 289 g/mol. The summed E-state index contributed by atoms with van der Waals surface area (Å²) < 4.78 is 0. The lowest BCUT2D eigenvalue weighted by Crippen LogP contribution is -2.40. The van der Waals surface area contributed by atoms with Gasteiger partial charge in [0.25, 0.3) is 0 Å². The van der Waals surface area contributed by atoms with Gasteiger partial charge in [0.1, 0.15) is 0 Å². The molecule has 0 aromatic heterocycles. The molecule has 2 rings (SSSR count). The molecule has 1 amide bonds. The molecule has 1 aromatic carbocycles. The lowest BCUT2D eigenvalue weighted by atomic mass is 9.90. The highest BCUT2D eigenvalue weighted by Crippen LogP contribution is 2.23. The molecule has 1 aromatic rings. The SMILES string of the molecule is CCN(Cc1ccc(NC(C)=O)cc1)C1CCC(N)CC1. The molecule has 0 unspecified atom stereocenters. The molecule has 0 saturated heterocycles. The van der Waals surface area contributed by atoms with Crippen molar-refractivity contribution in [3.05, 3.63) is 29.8 Å². The van der Waals surface area contributed by atoms with Crippen LogP contribution in [0.25, 0.3) is 0 Å². The van der Waals surface area contributed by atoms with Gasteiger partial charge >= 0.3 is 0 Å². The van der Waals surface area contributed by atoms with Crippen LogP contribution in [0.2, 0.25) is 0 Å². The second-order valence-electron chi connectivity index (χ2n) is 6.01. The summed E-state index contributed by atoms with van der Waals surface area (Å²) in [6, 6.07) is 9.20. The first kappa shape index (κ1) is 16.0. The van der Waals surface area contributed by atoms with E-state index >= 15 is 0 Å². The van der Waals surface area contributed by atoms with Crippen molar-refractivity contribution >= 4 is 11.6 Å². The van der Waals surface area contributed by atoms with Crippen molar-refractivity contribution in [2.75, 3.05) is 11.9 Å². The van der Waals surface area contributed by atoms with Gasteiger partial charge in [-0.1, -0.05) is 19.1 Å². The average molecular weight is 289 g/mol. The number of nitrogens with zero attached hydrogens (tertiary/aromatic N) is 1. The molecular formula is C17H27N3O. The third kappa shape index (κ3) is 4.83. The lowest BCUT2D eigenvalue weighted by molar-refractivity contribution is -0.114. The first-order chi connectivity index (χ1) is 10.1. The first-order valence-electron chi connectivity index (χ1n) is 7.94. The number of carbonyl (C=O) groups excluding carboxylic acids is 1. The van der Waals surface area contributed by atoms with Gasteiger partial charge in [-0.3, -0.25) is 9.69 Å². The molecule has 116 valence electrons. The number of benzene rings is 1. The van der Waals surface area contributed by atoms with E-state index in [-0.39, 0.29) is 5.91 Å². The highest BCUT2D eigenvalue weighted by atomic mass is 16.1. The maximum Gasteiger partial charge on any atom is 0.221 e. The van der Waals surface area contributed by atoms with Gasteiger partial charge in [0.2, 0.25) is 5.91 Å². The Hall–Kier alpha value is -1.39. The molecule has 1 fully saturated rings. The van der Waals surface area contributed by atoms with Crippen molar-refractivity contribution in [3.63, 3.8) is 0 Å². The van der Waals surface area contributed by atoms with Crippen LogP contribution >= 0.6 is 0 Å². The number of amides is 1. The Kier molecular flexibility index (Phi) is 5.76. The van der Waals surface area contributed by atoms with E-state index in [1.807, 2.05) is 12.1 Å². The summed E-state index contributed by atoms with van der Waals surface area (Å²) in [5.74, 6) is -0.0310. The molecule has 1 saturated carbocycles. The zero-order chi connectivity index (χ0) is 15.2. The second-order valence-corrected chi connectivity index (χ2v) is 6.01. The van der Waals surface area contributed by atoms with Crippen LogP contribution in [0.15, 0.2) is 24.3 Å². The number of carbonyl (C=O) groups is 1. The number of hydrogen-bond donors (Lipinski definition) is 2. The van der Waals surface area contributed by atoms with Gasteiger partial charge in [-0.15, -0.1) is 0 Å². The van der Waals surface area contributed by atoms with Crippen LogP contribution in [0.1, 0.15) is 45.1 Å². The predicted molar refractivity (Wildman–Crippen MR) is 87.1 cm³/mol. The Balaban J connectivity index is 1.93. The Morgan fingerprint density at radius 3 is 2.38 bits per heavy atom. The molecule has 4 heteroatoms. The number of rotatable bonds is 5. The summed E-state index contributed by atoms with van der Waals surface area (Å²) in [5.41, 5.74) is 8.15. The quantitative estimate of drug-likeness (QED) is 0.876. The van der Waals surface area contributed by atoms with Gasteiger partial charge < -0.3 is 11.1 Å². The molecule has 1 aliphatic carbocycles. The van der Waals surface area contributed by atoms with Gasteiger partial charge in [-0.05, 0) is 49.9 Å². The van der Waals surface area contributed by atoms with Crippen molar-refractivity contribution in [1.29, 1.82) is 0 Å². The maximum absolute atomic E-state index is 11.0. The Bertz CT molecular complexity index is 450. The van der Waals surface area contributed by atoms with Crippen LogP contribution in [0.3, 0.4) is 0 Å². The van der Waals surface area contributed by atoms with E-state index in [1.165, 1.54) is 25.3 Å². The Morgan fingerprint density at radius 1 is 1.24 bits per heavy atom. The zero-order valence-electron chi connectivity index (χ0n) is 13.1. The average Bonchev–Trinajstić information content (AvgIpc) is 2.47. The summed E-state index contributed by atoms with van der Waals surface area (Å²) in [4.78, 5) is 13.6. The van der Waals surface area contributed by atoms with Crippen molar-refractivity contribution in [1.82, 2.24) is 4.90 Å². The number of nitrogens with one attached hydrogen (secondary N) is 1. The van der Waals surface area contributed by atoms with Crippen molar-refractivity contribution < 1.29 is 4.79 Å². The van der Waals surface area contributed by atoms with Gasteiger partial charge in [0, 0.05) is 31.2 Å². The van der Waals surface area contributed by atoms with E-state index in [9.17, 15) is 4.79 Å². The molecule has 4 nitrogen and oxygen atoms in total. The minimum absolute atomic E-state index is 0.0310. The van der Waals surface area contributed by atoms with E-state index in [4.69, 9.17) is 5.73 Å². The van der Waals surface area contributed by atoms with E-state index in [1.54, 1.807) is 0 Å². The molecule has 21 heavy (non-hydrogen) atoms. The first-order valence-corrected chi connectivity index (χ1v) is 7.94. The smallest absolute Gasteiger partial charge is 0.221 e. The number of hydrogen-bond acceptors (Lipinski definition) is 3. The van der Waals surface area contributed by atoms with Crippen molar-refractivity contribution in [2.24, 2.45) is 5.73 Å². The fraction of sp³-hybridized carbons (Fsp3) is 0.588. The highest BCUT2D eigenvalue weighted by molar-refractivity contribution is 5.88. The van der Waals surface area contributed by atoms with Crippen LogP contribution < -0.4 is 11.1 Å². The molecule has 0 spiro atoms. The molecule has 0 heterocycles. The fourth-order valence-electron chi connectivity index (χ4n) is 3.10. The third-order valence-electron chi connectivity index (χ3n) is 4.32. The standard InChI is InChI=1S/C17H27N3O/c1-3-20(17-10-6-15(18)7-11-17)12-14-4-8-16(9-5-14)19-13(2)21/h4-5,8-9,15,17H,3,6-7,10-12,18H2,1-2H3,(H,19,21). The molecule has 0 aliphatic heterocycles. The van der Waals surface area contributed by atoms with Crippen LogP contribution in [0.5, 0.6) is 0 Å².